The Bertz CT molecular complexity index is 752. The number of amides is 1. The third-order valence-corrected chi connectivity index (χ3v) is 4.44. The number of furan rings is 1. The number of rotatable bonds is 7. The van der Waals surface area contributed by atoms with Crippen molar-refractivity contribution < 1.29 is 17.6 Å². The second-order valence-corrected chi connectivity index (χ2v) is 7.34. The van der Waals surface area contributed by atoms with Crippen LogP contribution in [-0.4, -0.2) is 14.3 Å². The molecule has 23 heavy (non-hydrogen) atoms. The molecule has 1 amide bonds. The fourth-order valence-electron chi connectivity index (χ4n) is 1.99. The summed E-state index contributed by atoms with van der Waals surface area (Å²) in [6.45, 7) is 3.96. The van der Waals surface area contributed by atoms with Crippen molar-refractivity contribution in [2.75, 3.05) is 5.32 Å². The van der Waals surface area contributed by atoms with Gasteiger partial charge in [-0.2, -0.15) is 0 Å². The van der Waals surface area contributed by atoms with E-state index < -0.39 is 10.0 Å². The largest absolute Gasteiger partial charge is 0.468 e. The molecule has 1 heterocycles. The molecule has 7 heteroatoms. The van der Waals surface area contributed by atoms with E-state index in [1.807, 2.05) is 13.8 Å². The molecule has 0 bridgehead atoms. The molecule has 0 saturated heterocycles. The summed E-state index contributed by atoms with van der Waals surface area (Å²) in [5, 5.41) is 2.71. The van der Waals surface area contributed by atoms with E-state index in [0.717, 1.165) is 0 Å². The van der Waals surface area contributed by atoms with Gasteiger partial charge >= 0.3 is 0 Å². The van der Waals surface area contributed by atoms with Crippen LogP contribution in [0.1, 0.15) is 26.0 Å². The standard InChI is InChI=1S/C16H20N2O4S/c1-12(2)9-16(19)18-13-5-3-7-15(10-13)23(20,21)17-11-14-6-4-8-22-14/h3-8,10,12,17H,9,11H2,1-2H3,(H,18,19). The molecule has 1 aromatic carbocycles. The molecule has 0 fully saturated rings. The van der Waals surface area contributed by atoms with Crippen LogP contribution in [0.15, 0.2) is 52.0 Å². The van der Waals surface area contributed by atoms with Gasteiger partial charge in [0.25, 0.3) is 0 Å². The highest BCUT2D eigenvalue weighted by atomic mass is 32.2. The minimum Gasteiger partial charge on any atom is -0.468 e. The first-order valence-corrected chi connectivity index (χ1v) is 8.77. The van der Waals surface area contributed by atoms with Gasteiger partial charge in [-0.05, 0) is 36.2 Å². The van der Waals surface area contributed by atoms with Crippen molar-refractivity contribution in [3.8, 4) is 0 Å². The fraction of sp³-hybridized carbons (Fsp3) is 0.312. The number of hydrogen-bond donors (Lipinski definition) is 2. The lowest BCUT2D eigenvalue weighted by atomic mass is 10.1. The molecular formula is C16H20N2O4S. The van der Waals surface area contributed by atoms with Gasteiger partial charge in [-0.15, -0.1) is 0 Å². The first-order chi connectivity index (χ1) is 10.9. The number of benzene rings is 1. The number of hydrogen-bond acceptors (Lipinski definition) is 4. The lowest BCUT2D eigenvalue weighted by Gasteiger charge is -2.10. The summed E-state index contributed by atoms with van der Waals surface area (Å²) in [7, 11) is -3.68. The summed E-state index contributed by atoms with van der Waals surface area (Å²) >= 11 is 0. The van der Waals surface area contributed by atoms with Gasteiger partial charge in [-0.3, -0.25) is 4.79 Å². The zero-order chi connectivity index (χ0) is 16.9. The zero-order valence-electron chi connectivity index (χ0n) is 13.1. The van der Waals surface area contributed by atoms with Crippen molar-refractivity contribution in [2.24, 2.45) is 5.92 Å². The molecule has 6 nitrogen and oxygen atoms in total. The van der Waals surface area contributed by atoms with Gasteiger partial charge in [0.2, 0.25) is 15.9 Å². The number of carbonyl (C=O) groups is 1. The van der Waals surface area contributed by atoms with Crippen molar-refractivity contribution in [2.45, 2.75) is 31.7 Å². The number of anilines is 1. The first kappa shape index (κ1) is 17.2. The predicted octanol–water partition coefficient (Wildman–Crippen LogP) is 2.74. The average Bonchev–Trinajstić information content (AvgIpc) is 2.98. The minimum atomic E-state index is -3.68. The smallest absolute Gasteiger partial charge is 0.241 e. The summed E-state index contributed by atoms with van der Waals surface area (Å²) < 4.78 is 32.1. The van der Waals surface area contributed by atoms with Crippen LogP contribution in [0.5, 0.6) is 0 Å². The summed E-state index contributed by atoms with van der Waals surface area (Å²) in [4.78, 5) is 11.9. The van der Waals surface area contributed by atoms with Crippen LogP contribution in [0.2, 0.25) is 0 Å². The minimum absolute atomic E-state index is 0.0687. The summed E-state index contributed by atoms with van der Waals surface area (Å²) in [5.74, 6) is 0.616. The number of sulfonamides is 1. The van der Waals surface area contributed by atoms with Gasteiger partial charge in [0.05, 0.1) is 17.7 Å². The van der Waals surface area contributed by atoms with Gasteiger partial charge in [-0.1, -0.05) is 19.9 Å². The summed E-state index contributed by atoms with van der Waals surface area (Å²) in [6.07, 6.45) is 1.86. The van der Waals surface area contributed by atoms with E-state index in [9.17, 15) is 13.2 Å². The predicted molar refractivity (Wildman–Crippen MR) is 87.3 cm³/mol. The van der Waals surface area contributed by atoms with Crippen LogP contribution in [0.3, 0.4) is 0 Å². The van der Waals surface area contributed by atoms with Gasteiger partial charge in [0.1, 0.15) is 5.76 Å². The molecule has 0 unspecified atom stereocenters. The van der Waals surface area contributed by atoms with E-state index in [4.69, 9.17) is 4.42 Å². The Labute approximate surface area is 135 Å². The van der Waals surface area contributed by atoms with Crippen LogP contribution >= 0.6 is 0 Å². The Balaban J connectivity index is 2.07. The maximum Gasteiger partial charge on any atom is 0.241 e. The molecule has 2 rings (SSSR count). The molecule has 1 aromatic heterocycles. The highest BCUT2D eigenvalue weighted by Crippen LogP contribution is 2.16. The molecule has 0 aliphatic heterocycles. The number of nitrogens with one attached hydrogen (secondary N) is 2. The van der Waals surface area contributed by atoms with E-state index in [1.165, 1.54) is 18.4 Å². The molecule has 124 valence electrons. The molecule has 0 atom stereocenters. The molecule has 2 N–H and O–H groups in total. The van der Waals surface area contributed by atoms with Gasteiger partial charge in [0, 0.05) is 12.1 Å². The lowest BCUT2D eigenvalue weighted by molar-refractivity contribution is -0.116. The van der Waals surface area contributed by atoms with Crippen molar-refractivity contribution in [3.05, 3.63) is 48.4 Å². The highest BCUT2D eigenvalue weighted by molar-refractivity contribution is 7.89. The third kappa shape index (κ3) is 5.22. The SMILES string of the molecule is CC(C)CC(=O)Nc1cccc(S(=O)(=O)NCc2ccco2)c1. The molecular weight excluding hydrogens is 316 g/mol. The molecule has 0 saturated carbocycles. The van der Waals surface area contributed by atoms with E-state index in [1.54, 1.807) is 24.3 Å². The molecule has 0 spiro atoms. The second-order valence-electron chi connectivity index (χ2n) is 5.58. The van der Waals surface area contributed by atoms with E-state index in [2.05, 4.69) is 10.0 Å². The zero-order valence-corrected chi connectivity index (χ0v) is 13.9. The topological polar surface area (TPSA) is 88.4 Å². The van der Waals surface area contributed by atoms with Crippen LogP contribution in [0.25, 0.3) is 0 Å². The lowest BCUT2D eigenvalue weighted by Crippen LogP contribution is -2.23. The van der Waals surface area contributed by atoms with Crippen molar-refractivity contribution in [3.63, 3.8) is 0 Å². The first-order valence-electron chi connectivity index (χ1n) is 7.29. The van der Waals surface area contributed by atoms with Crippen LogP contribution in [0, 0.1) is 5.92 Å². The molecule has 0 aliphatic carbocycles. The highest BCUT2D eigenvalue weighted by Gasteiger charge is 2.15. The van der Waals surface area contributed by atoms with Crippen molar-refractivity contribution in [1.29, 1.82) is 0 Å². The van der Waals surface area contributed by atoms with E-state index in [0.29, 0.717) is 17.9 Å². The van der Waals surface area contributed by atoms with E-state index in [-0.39, 0.29) is 23.3 Å². The molecule has 2 aromatic rings. The Hall–Kier alpha value is -2.12. The third-order valence-electron chi connectivity index (χ3n) is 3.04. The van der Waals surface area contributed by atoms with Crippen LogP contribution in [0.4, 0.5) is 5.69 Å². The summed E-state index contributed by atoms with van der Waals surface area (Å²) in [6, 6.07) is 9.53. The van der Waals surface area contributed by atoms with Crippen molar-refractivity contribution in [1.82, 2.24) is 4.72 Å². The Kier molecular flexibility index (Phi) is 5.57. The second kappa shape index (κ2) is 7.43. The Morgan fingerprint density at radius 2 is 2.00 bits per heavy atom. The number of carbonyl (C=O) groups excluding carboxylic acids is 1. The van der Waals surface area contributed by atoms with Crippen LogP contribution < -0.4 is 10.0 Å². The fourth-order valence-corrected chi connectivity index (χ4v) is 3.03. The van der Waals surface area contributed by atoms with Gasteiger partial charge in [-0.25, -0.2) is 13.1 Å². The Morgan fingerprint density at radius 3 is 2.65 bits per heavy atom. The molecule has 0 aliphatic rings. The maximum atomic E-state index is 12.3. The molecule has 0 radical (unpaired) electrons. The maximum absolute atomic E-state index is 12.3. The summed E-state index contributed by atoms with van der Waals surface area (Å²) in [5.41, 5.74) is 0.455. The van der Waals surface area contributed by atoms with Crippen molar-refractivity contribution >= 4 is 21.6 Å². The van der Waals surface area contributed by atoms with E-state index >= 15 is 0 Å². The van der Waals surface area contributed by atoms with Gasteiger partial charge in [0.15, 0.2) is 0 Å². The quantitative estimate of drug-likeness (QED) is 0.814. The Morgan fingerprint density at radius 1 is 1.22 bits per heavy atom. The average molecular weight is 336 g/mol. The van der Waals surface area contributed by atoms with Crippen LogP contribution in [-0.2, 0) is 21.4 Å². The van der Waals surface area contributed by atoms with Gasteiger partial charge < -0.3 is 9.73 Å². The normalized spacial score (nSPS) is 11.6. The monoisotopic (exact) mass is 336 g/mol.